The largest absolute Gasteiger partial charge is 0.478 e. The third-order valence-electron chi connectivity index (χ3n) is 6.64. The second-order valence-corrected chi connectivity index (χ2v) is 9.98. The summed E-state index contributed by atoms with van der Waals surface area (Å²) in [5, 5.41) is 9.88. The van der Waals surface area contributed by atoms with Gasteiger partial charge < -0.3 is 10.0 Å². The van der Waals surface area contributed by atoms with Gasteiger partial charge in [0.15, 0.2) is 0 Å². The molecule has 2 aromatic rings. The van der Waals surface area contributed by atoms with E-state index in [0.717, 1.165) is 56.3 Å². The number of anilines is 1. The van der Waals surface area contributed by atoms with Gasteiger partial charge in [-0.15, -0.1) is 0 Å². The lowest BCUT2D eigenvalue weighted by Crippen LogP contribution is -2.47. The SMILES string of the molecule is CC1(C)CCC(CN2CCN(c3ccc(C(=O)O)cc3)CC2)=C(c2ccc(Cl)cc2)C1. The lowest BCUT2D eigenvalue weighted by Gasteiger charge is -2.39. The van der Waals surface area contributed by atoms with Crippen molar-refractivity contribution >= 4 is 28.8 Å². The molecule has 0 atom stereocenters. The van der Waals surface area contributed by atoms with Crippen LogP contribution >= 0.6 is 11.6 Å². The Morgan fingerprint density at radius 2 is 1.65 bits per heavy atom. The number of rotatable bonds is 5. The van der Waals surface area contributed by atoms with E-state index < -0.39 is 5.97 Å². The standard InChI is InChI=1S/C26H31ClN2O2/c1-26(2)12-11-21(24(17-26)19-3-7-22(27)8-4-19)18-28-13-15-29(16-14-28)23-9-5-20(6-10-23)25(30)31/h3-10H,11-18H2,1-2H3,(H,30,31). The van der Waals surface area contributed by atoms with E-state index in [9.17, 15) is 4.79 Å². The van der Waals surface area contributed by atoms with E-state index in [1.165, 1.54) is 17.6 Å². The third kappa shape index (κ3) is 5.31. The molecule has 1 N–H and O–H groups in total. The molecule has 31 heavy (non-hydrogen) atoms. The molecular weight excluding hydrogens is 408 g/mol. The third-order valence-corrected chi connectivity index (χ3v) is 6.90. The summed E-state index contributed by atoms with van der Waals surface area (Å²) in [6.45, 7) is 9.72. The maximum absolute atomic E-state index is 11.1. The van der Waals surface area contributed by atoms with Crippen molar-refractivity contribution in [1.29, 1.82) is 0 Å². The van der Waals surface area contributed by atoms with Gasteiger partial charge in [-0.3, -0.25) is 4.90 Å². The fourth-order valence-electron chi connectivity index (χ4n) is 4.71. The van der Waals surface area contributed by atoms with Crippen molar-refractivity contribution in [1.82, 2.24) is 4.90 Å². The first-order valence-corrected chi connectivity index (χ1v) is 11.5. The van der Waals surface area contributed by atoms with Crippen LogP contribution in [-0.4, -0.2) is 48.7 Å². The molecule has 5 heteroatoms. The second kappa shape index (κ2) is 9.05. The maximum atomic E-state index is 11.1. The molecule has 1 fully saturated rings. The van der Waals surface area contributed by atoms with E-state index >= 15 is 0 Å². The van der Waals surface area contributed by atoms with Crippen LogP contribution in [0.25, 0.3) is 5.57 Å². The van der Waals surface area contributed by atoms with E-state index in [1.807, 2.05) is 24.3 Å². The fraction of sp³-hybridized carbons (Fsp3) is 0.423. The number of halogens is 1. The van der Waals surface area contributed by atoms with Crippen LogP contribution in [0, 0.1) is 5.41 Å². The molecule has 0 saturated carbocycles. The lowest BCUT2D eigenvalue weighted by molar-refractivity contribution is 0.0697. The van der Waals surface area contributed by atoms with Gasteiger partial charge >= 0.3 is 5.97 Å². The Hall–Kier alpha value is -2.30. The van der Waals surface area contributed by atoms with E-state index in [-0.39, 0.29) is 0 Å². The molecule has 2 aliphatic rings. The predicted molar refractivity (Wildman–Crippen MR) is 128 cm³/mol. The van der Waals surface area contributed by atoms with Gasteiger partial charge in [0.25, 0.3) is 0 Å². The number of allylic oxidation sites excluding steroid dienone is 1. The molecule has 4 rings (SSSR count). The smallest absolute Gasteiger partial charge is 0.335 e. The quantitative estimate of drug-likeness (QED) is 0.638. The first-order valence-electron chi connectivity index (χ1n) is 11.1. The van der Waals surface area contributed by atoms with Crippen molar-refractivity contribution in [2.75, 3.05) is 37.6 Å². The van der Waals surface area contributed by atoms with Crippen LogP contribution in [0.3, 0.4) is 0 Å². The molecule has 0 unspecified atom stereocenters. The molecule has 164 valence electrons. The Morgan fingerprint density at radius 3 is 2.26 bits per heavy atom. The van der Waals surface area contributed by atoms with Gasteiger partial charge in [0.1, 0.15) is 0 Å². The molecule has 0 spiro atoms. The molecule has 1 aliphatic carbocycles. The van der Waals surface area contributed by atoms with Crippen LogP contribution in [0.4, 0.5) is 5.69 Å². The van der Waals surface area contributed by atoms with Crippen molar-refractivity contribution in [3.05, 3.63) is 70.3 Å². The zero-order valence-corrected chi connectivity index (χ0v) is 19.2. The number of hydrogen-bond donors (Lipinski definition) is 1. The fourth-order valence-corrected chi connectivity index (χ4v) is 4.84. The van der Waals surface area contributed by atoms with E-state index in [1.54, 1.807) is 17.7 Å². The summed E-state index contributed by atoms with van der Waals surface area (Å²) < 4.78 is 0. The van der Waals surface area contributed by atoms with Gasteiger partial charge in [0, 0.05) is 43.4 Å². The topological polar surface area (TPSA) is 43.8 Å². The van der Waals surface area contributed by atoms with Crippen LogP contribution in [0.1, 0.15) is 49.0 Å². The highest BCUT2D eigenvalue weighted by Gasteiger charge is 2.29. The second-order valence-electron chi connectivity index (χ2n) is 9.55. The minimum atomic E-state index is -0.878. The molecule has 0 bridgehead atoms. The molecule has 0 aromatic heterocycles. The molecule has 1 saturated heterocycles. The first kappa shape index (κ1) is 21.9. The highest BCUT2D eigenvalue weighted by atomic mass is 35.5. The van der Waals surface area contributed by atoms with E-state index in [0.29, 0.717) is 11.0 Å². The number of carbonyl (C=O) groups is 1. The number of nitrogens with zero attached hydrogens (tertiary/aromatic N) is 2. The van der Waals surface area contributed by atoms with E-state index in [4.69, 9.17) is 16.7 Å². The lowest BCUT2D eigenvalue weighted by atomic mass is 9.72. The summed E-state index contributed by atoms with van der Waals surface area (Å²) in [6.07, 6.45) is 3.50. The average molecular weight is 439 g/mol. The van der Waals surface area contributed by atoms with Crippen molar-refractivity contribution in [2.24, 2.45) is 5.41 Å². The summed E-state index contributed by atoms with van der Waals surface area (Å²) in [6, 6.07) is 15.5. The van der Waals surface area contributed by atoms with Crippen molar-refractivity contribution in [2.45, 2.75) is 33.1 Å². The Kier molecular flexibility index (Phi) is 6.40. The van der Waals surface area contributed by atoms with Crippen LogP contribution in [0.2, 0.25) is 5.02 Å². The van der Waals surface area contributed by atoms with Gasteiger partial charge in [-0.2, -0.15) is 0 Å². The Morgan fingerprint density at radius 1 is 1.00 bits per heavy atom. The maximum Gasteiger partial charge on any atom is 0.335 e. The van der Waals surface area contributed by atoms with Gasteiger partial charge in [-0.05, 0) is 72.2 Å². The Bertz CT molecular complexity index is 956. The van der Waals surface area contributed by atoms with Crippen LogP contribution < -0.4 is 4.90 Å². The Balaban J connectivity index is 1.44. The molecular formula is C26H31ClN2O2. The number of benzene rings is 2. The summed E-state index contributed by atoms with van der Waals surface area (Å²) in [5.41, 5.74) is 6.15. The van der Waals surface area contributed by atoms with Crippen LogP contribution in [-0.2, 0) is 0 Å². The van der Waals surface area contributed by atoms with Crippen LogP contribution in [0.5, 0.6) is 0 Å². The molecule has 0 radical (unpaired) electrons. The highest BCUT2D eigenvalue weighted by molar-refractivity contribution is 6.30. The van der Waals surface area contributed by atoms with Crippen LogP contribution in [0.15, 0.2) is 54.1 Å². The zero-order valence-electron chi connectivity index (χ0n) is 18.4. The van der Waals surface area contributed by atoms with Gasteiger partial charge in [-0.25, -0.2) is 4.79 Å². The minimum Gasteiger partial charge on any atom is -0.478 e. The Labute approximate surface area is 190 Å². The number of hydrogen-bond acceptors (Lipinski definition) is 3. The van der Waals surface area contributed by atoms with Crippen molar-refractivity contribution < 1.29 is 9.90 Å². The molecule has 0 amide bonds. The number of carboxylic acids is 1. The number of piperazine rings is 1. The normalized spacial score (nSPS) is 19.5. The first-order chi connectivity index (χ1) is 14.8. The monoisotopic (exact) mass is 438 g/mol. The predicted octanol–water partition coefficient (Wildman–Crippen LogP) is 5.82. The molecule has 1 aliphatic heterocycles. The summed E-state index contributed by atoms with van der Waals surface area (Å²) in [4.78, 5) is 16.0. The molecule has 1 heterocycles. The highest BCUT2D eigenvalue weighted by Crippen LogP contribution is 2.43. The number of carboxylic acid groups (broad SMARTS) is 1. The average Bonchev–Trinajstić information content (AvgIpc) is 2.76. The summed E-state index contributed by atoms with van der Waals surface area (Å²) in [5.74, 6) is -0.878. The van der Waals surface area contributed by atoms with E-state index in [2.05, 4.69) is 35.8 Å². The van der Waals surface area contributed by atoms with Gasteiger partial charge in [-0.1, -0.05) is 43.2 Å². The van der Waals surface area contributed by atoms with Crippen molar-refractivity contribution in [3.8, 4) is 0 Å². The van der Waals surface area contributed by atoms with Crippen molar-refractivity contribution in [3.63, 3.8) is 0 Å². The summed E-state index contributed by atoms with van der Waals surface area (Å²) in [7, 11) is 0. The van der Waals surface area contributed by atoms with Gasteiger partial charge in [0.05, 0.1) is 5.56 Å². The summed E-state index contributed by atoms with van der Waals surface area (Å²) >= 11 is 6.13. The van der Waals surface area contributed by atoms with Gasteiger partial charge in [0.2, 0.25) is 0 Å². The molecule has 2 aromatic carbocycles. The minimum absolute atomic E-state index is 0.333. The number of aromatic carboxylic acids is 1. The molecule has 4 nitrogen and oxygen atoms in total. The zero-order chi connectivity index (χ0) is 22.0.